The highest BCUT2D eigenvalue weighted by molar-refractivity contribution is 7.92. The molecule has 2 amide bonds. The summed E-state index contributed by atoms with van der Waals surface area (Å²) in [6.07, 6.45) is 0.953. The molecule has 0 saturated carbocycles. The second-order valence-corrected chi connectivity index (χ2v) is 13.0. The Morgan fingerprint density at radius 2 is 1.42 bits per heavy atom. The number of sulfonamides is 1. The van der Waals surface area contributed by atoms with Gasteiger partial charge in [-0.05, 0) is 73.0 Å². The van der Waals surface area contributed by atoms with E-state index >= 15 is 0 Å². The summed E-state index contributed by atoms with van der Waals surface area (Å²) < 4.78 is 34.5. The topological polar surface area (TPSA) is 96.0 Å². The normalized spacial score (nSPS) is 12.5. The smallest absolute Gasteiger partial charge is 0.264 e. The fourth-order valence-corrected chi connectivity index (χ4v) is 6.33. The average Bonchev–Trinajstić information content (AvgIpc) is 3.06. The molecule has 0 spiro atoms. The highest BCUT2D eigenvalue weighted by Gasteiger charge is 2.35. The van der Waals surface area contributed by atoms with E-state index in [1.54, 1.807) is 36.4 Å². The number of nitrogens with zero attached hydrogens (tertiary/aromatic N) is 2. The first-order valence-corrected chi connectivity index (χ1v) is 16.5. The molecule has 0 unspecified atom stereocenters. The molecule has 0 saturated heterocycles. The second-order valence-electron chi connectivity index (χ2n) is 10.7. The Morgan fingerprint density at radius 1 is 0.844 bits per heavy atom. The summed E-state index contributed by atoms with van der Waals surface area (Å²) in [5, 5.41) is 3.46. The van der Waals surface area contributed by atoms with E-state index in [0.29, 0.717) is 17.2 Å². The fourth-order valence-electron chi connectivity index (χ4n) is 4.79. The Hall–Kier alpha value is -4.34. The fraction of sp³-hybridized carbons (Fsp3) is 0.257. The maximum atomic E-state index is 14.5. The number of carbonyl (C=O) groups is 2. The molecule has 45 heavy (non-hydrogen) atoms. The summed E-state index contributed by atoms with van der Waals surface area (Å²) in [6.45, 7) is 3.43. The lowest BCUT2D eigenvalue weighted by molar-refractivity contribution is -0.140. The van der Waals surface area contributed by atoms with Gasteiger partial charge in [-0.25, -0.2) is 8.42 Å². The summed E-state index contributed by atoms with van der Waals surface area (Å²) in [4.78, 5) is 29.8. The molecule has 2 atom stereocenters. The van der Waals surface area contributed by atoms with Crippen LogP contribution in [0, 0.1) is 0 Å². The number of amides is 2. The van der Waals surface area contributed by atoms with Crippen molar-refractivity contribution >= 4 is 39.1 Å². The van der Waals surface area contributed by atoms with Gasteiger partial charge in [-0.3, -0.25) is 13.9 Å². The molecule has 10 heteroatoms. The van der Waals surface area contributed by atoms with Crippen molar-refractivity contribution in [1.82, 2.24) is 10.2 Å². The number of carbonyl (C=O) groups excluding carboxylic acids is 2. The van der Waals surface area contributed by atoms with Gasteiger partial charge in [0.25, 0.3) is 10.0 Å². The van der Waals surface area contributed by atoms with Gasteiger partial charge in [0.15, 0.2) is 0 Å². The van der Waals surface area contributed by atoms with Crippen LogP contribution in [-0.2, 0) is 32.6 Å². The summed E-state index contributed by atoms with van der Waals surface area (Å²) in [5.41, 5.74) is 1.93. The maximum absolute atomic E-state index is 14.5. The molecule has 0 radical (unpaired) electrons. The van der Waals surface area contributed by atoms with Gasteiger partial charge in [0.1, 0.15) is 18.3 Å². The predicted octanol–water partition coefficient (Wildman–Crippen LogP) is 6.10. The third-order valence-corrected chi connectivity index (χ3v) is 9.55. The molecule has 0 aliphatic heterocycles. The number of methoxy groups -OCH3 is 1. The first-order chi connectivity index (χ1) is 21.6. The van der Waals surface area contributed by atoms with Crippen molar-refractivity contribution in [3.63, 3.8) is 0 Å². The first kappa shape index (κ1) is 33.6. The second kappa shape index (κ2) is 15.6. The van der Waals surface area contributed by atoms with Crippen molar-refractivity contribution in [3.05, 3.63) is 125 Å². The van der Waals surface area contributed by atoms with E-state index in [9.17, 15) is 18.0 Å². The molecule has 0 bridgehead atoms. The monoisotopic (exact) mass is 647 g/mol. The van der Waals surface area contributed by atoms with E-state index in [0.717, 1.165) is 15.4 Å². The Balaban J connectivity index is 1.79. The Labute approximate surface area is 270 Å². The molecule has 4 aromatic carbocycles. The molecule has 0 aliphatic rings. The van der Waals surface area contributed by atoms with Crippen LogP contribution in [0.3, 0.4) is 0 Å². The van der Waals surface area contributed by atoms with Gasteiger partial charge in [0.2, 0.25) is 11.8 Å². The molecular formula is C35H38ClN3O5S. The van der Waals surface area contributed by atoms with Crippen LogP contribution in [0.5, 0.6) is 5.75 Å². The molecule has 1 N–H and O–H groups in total. The number of rotatable bonds is 14. The molecule has 0 fully saturated rings. The highest BCUT2D eigenvalue weighted by Crippen LogP contribution is 2.27. The molecule has 4 aromatic rings. The molecule has 0 heterocycles. The minimum atomic E-state index is -4.23. The van der Waals surface area contributed by atoms with E-state index in [1.165, 1.54) is 24.1 Å². The minimum absolute atomic E-state index is 0.0176. The quantitative estimate of drug-likeness (QED) is 0.179. The number of hydrogen-bond acceptors (Lipinski definition) is 5. The molecule has 0 aromatic heterocycles. The zero-order chi connectivity index (χ0) is 32.4. The van der Waals surface area contributed by atoms with Crippen molar-refractivity contribution < 1.29 is 22.7 Å². The standard InChI is InChI=1S/C35H38ClN3O5S/c1-4-26(2)37-35(41)33(23-27-11-7-5-8-12-27)38(24-28-13-9-6-10-14-28)34(40)25-39(30-17-15-29(36)16-18-30)45(42,43)32-21-19-31(44-3)20-22-32/h5-22,26,33H,4,23-25H2,1-3H3,(H,37,41)/t26-,33-/m1/s1. The number of benzene rings is 4. The Morgan fingerprint density at radius 3 is 1.98 bits per heavy atom. The Kier molecular flexibility index (Phi) is 11.6. The summed E-state index contributed by atoms with van der Waals surface area (Å²) >= 11 is 6.13. The van der Waals surface area contributed by atoms with Gasteiger partial charge in [0.05, 0.1) is 17.7 Å². The van der Waals surface area contributed by atoms with Gasteiger partial charge in [-0.2, -0.15) is 0 Å². The molecule has 0 aliphatic carbocycles. The zero-order valence-corrected chi connectivity index (χ0v) is 27.2. The van der Waals surface area contributed by atoms with Crippen LogP contribution in [0.25, 0.3) is 0 Å². The van der Waals surface area contributed by atoms with Crippen LogP contribution in [0.2, 0.25) is 5.02 Å². The average molecular weight is 648 g/mol. The number of halogens is 1. The van der Waals surface area contributed by atoms with Gasteiger partial charge >= 0.3 is 0 Å². The van der Waals surface area contributed by atoms with Crippen LogP contribution >= 0.6 is 11.6 Å². The molecule has 8 nitrogen and oxygen atoms in total. The van der Waals surface area contributed by atoms with E-state index in [1.807, 2.05) is 74.5 Å². The van der Waals surface area contributed by atoms with Crippen molar-refractivity contribution in [2.45, 2.75) is 50.2 Å². The largest absolute Gasteiger partial charge is 0.497 e. The van der Waals surface area contributed by atoms with Crippen LogP contribution in [0.1, 0.15) is 31.4 Å². The van der Waals surface area contributed by atoms with Gasteiger partial charge < -0.3 is 15.0 Å². The van der Waals surface area contributed by atoms with Crippen molar-refractivity contribution in [1.29, 1.82) is 0 Å². The first-order valence-electron chi connectivity index (χ1n) is 14.7. The molecular weight excluding hydrogens is 610 g/mol. The van der Waals surface area contributed by atoms with Crippen molar-refractivity contribution in [2.24, 2.45) is 0 Å². The summed E-state index contributed by atoms with van der Waals surface area (Å²) in [6, 6.07) is 30.0. The van der Waals surface area contributed by atoms with Crippen LogP contribution in [-0.4, -0.2) is 50.9 Å². The van der Waals surface area contributed by atoms with E-state index in [2.05, 4.69) is 5.32 Å². The zero-order valence-electron chi connectivity index (χ0n) is 25.6. The highest BCUT2D eigenvalue weighted by atomic mass is 35.5. The summed E-state index contributed by atoms with van der Waals surface area (Å²) in [7, 11) is -2.74. The van der Waals surface area contributed by atoms with Crippen molar-refractivity contribution in [3.8, 4) is 5.75 Å². The number of nitrogens with one attached hydrogen (secondary N) is 1. The van der Waals surface area contributed by atoms with Gasteiger partial charge in [-0.1, -0.05) is 79.2 Å². The van der Waals surface area contributed by atoms with E-state index < -0.39 is 28.5 Å². The Bertz CT molecular complexity index is 1650. The van der Waals surface area contributed by atoms with Crippen LogP contribution in [0.4, 0.5) is 5.69 Å². The lowest BCUT2D eigenvalue weighted by Gasteiger charge is -2.34. The SMILES string of the molecule is CC[C@@H](C)NC(=O)[C@@H](Cc1ccccc1)N(Cc1ccccc1)C(=O)CN(c1ccc(Cl)cc1)S(=O)(=O)c1ccc(OC)cc1. The number of hydrogen-bond donors (Lipinski definition) is 1. The van der Waals surface area contributed by atoms with Crippen LogP contribution < -0.4 is 14.4 Å². The van der Waals surface area contributed by atoms with Crippen LogP contribution in [0.15, 0.2) is 114 Å². The maximum Gasteiger partial charge on any atom is 0.264 e. The minimum Gasteiger partial charge on any atom is -0.497 e. The predicted molar refractivity (Wildman–Crippen MR) is 178 cm³/mol. The van der Waals surface area contributed by atoms with Gasteiger partial charge in [0, 0.05) is 24.0 Å². The van der Waals surface area contributed by atoms with Gasteiger partial charge in [-0.15, -0.1) is 0 Å². The lowest BCUT2D eigenvalue weighted by atomic mass is 10.0. The third-order valence-electron chi connectivity index (χ3n) is 7.51. The van der Waals surface area contributed by atoms with E-state index in [-0.39, 0.29) is 35.5 Å². The third kappa shape index (κ3) is 8.86. The molecule has 236 valence electrons. The molecule has 4 rings (SSSR count). The number of ether oxygens (including phenoxy) is 1. The van der Waals surface area contributed by atoms with Crippen molar-refractivity contribution in [2.75, 3.05) is 18.0 Å². The van der Waals surface area contributed by atoms with E-state index in [4.69, 9.17) is 16.3 Å². The lowest BCUT2D eigenvalue weighted by Crippen LogP contribution is -2.54. The summed E-state index contributed by atoms with van der Waals surface area (Å²) in [5.74, 6) is -0.354. The number of anilines is 1.